The lowest BCUT2D eigenvalue weighted by Crippen LogP contribution is -2.46. The van der Waals surface area contributed by atoms with Gasteiger partial charge in [0.05, 0.1) is 16.5 Å². The third kappa shape index (κ3) is 3.38. The summed E-state index contributed by atoms with van der Waals surface area (Å²) in [6.45, 7) is 7.70. The van der Waals surface area contributed by atoms with Gasteiger partial charge in [-0.2, -0.15) is 5.26 Å². The molecule has 0 unspecified atom stereocenters. The van der Waals surface area contributed by atoms with Gasteiger partial charge in [0, 0.05) is 5.54 Å². The molecule has 0 saturated heterocycles. The van der Waals surface area contributed by atoms with Crippen LogP contribution >= 0.6 is 0 Å². The van der Waals surface area contributed by atoms with Crippen LogP contribution in [0.2, 0.25) is 0 Å². The van der Waals surface area contributed by atoms with Gasteiger partial charge in [-0.1, -0.05) is 20.8 Å². The molecule has 20 heavy (non-hydrogen) atoms. The number of nitrogens with one attached hydrogen (secondary N) is 1. The molecule has 110 valence electrons. The van der Waals surface area contributed by atoms with Gasteiger partial charge in [0.25, 0.3) is 0 Å². The molecule has 0 aliphatic rings. The van der Waals surface area contributed by atoms with Gasteiger partial charge in [-0.25, -0.2) is 13.1 Å². The maximum absolute atomic E-state index is 12.5. The van der Waals surface area contributed by atoms with E-state index < -0.39 is 15.6 Å². The Morgan fingerprint density at radius 2 is 1.75 bits per heavy atom. The predicted molar refractivity (Wildman–Crippen MR) is 79.8 cm³/mol. The molecule has 1 aromatic carbocycles. The quantitative estimate of drug-likeness (QED) is 0.876. The summed E-state index contributed by atoms with van der Waals surface area (Å²) in [5, 5.41) is 8.90. The van der Waals surface area contributed by atoms with Crippen molar-refractivity contribution in [3.8, 4) is 6.07 Å². The number of nitriles is 1. The first-order valence-corrected chi connectivity index (χ1v) is 8.37. The van der Waals surface area contributed by atoms with Gasteiger partial charge < -0.3 is 0 Å². The van der Waals surface area contributed by atoms with Crippen LogP contribution in [-0.4, -0.2) is 14.0 Å². The van der Waals surface area contributed by atoms with E-state index in [4.69, 9.17) is 5.26 Å². The third-order valence-corrected chi connectivity index (χ3v) is 5.59. The highest BCUT2D eigenvalue weighted by Gasteiger charge is 2.30. The summed E-state index contributed by atoms with van der Waals surface area (Å²) in [6, 6.07) is 6.63. The predicted octanol–water partition coefficient (Wildman–Crippen LogP) is 3.11. The lowest BCUT2D eigenvalue weighted by Gasteiger charge is -2.31. The fourth-order valence-electron chi connectivity index (χ4n) is 2.24. The standard InChI is InChI=1S/C15H22N2O2S/c1-5-15(6-2,7-3)17-20(18,19)14-9-8-13(11-16)12(4)10-14/h8-10,17H,5-7H2,1-4H3. The Morgan fingerprint density at radius 3 is 2.15 bits per heavy atom. The Balaban J connectivity index is 3.18. The Morgan fingerprint density at radius 1 is 1.20 bits per heavy atom. The zero-order chi connectivity index (χ0) is 15.4. The molecule has 0 atom stereocenters. The molecule has 0 spiro atoms. The van der Waals surface area contributed by atoms with E-state index in [9.17, 15) is 8.42 Å². The normalized spacial score (nSPS) is 12.2. The molecule has 0 amide bonds. The minimum atomic E-state index is -3.56. The maximum Gasteiger partial charge on any atom is 0.241 e. The molecule has 5 heteroatoms. The van der Waals surface area contributed by atoms with Crippen molar-refractivity contribution in [2.75, 3.05) is 0 Å². The average molecular weight is 294 g/mol. The first-order valence-electron chi connectivity index (χ1n) is 6.89. The van der Waals surface area contributed by atoms with Crippen molar-refractivity contribution in [3.63, 3.8) is 0 Å². The molecule has 1 N–H and O–H groups in total. The van der Waals surface area contributed by atoms with Crippen LogP contribution in [0.4, 0.5) is 0 Å². The van der Waals surface area contributed by atoms with Crippen molar-refractivity contribution in [2.24, 2.45) is 0 Å². The number of rotatable bonds is 6. The molecular weight excluding hydrogens is 272 g/mol. The number of sulfonamides is 1. The first-order chi connectivity index (χ1) is 9.34. The van der Waals surface area contributed by atoms with E-state index in [2.05, 4.69) is 4.72 Å². The van der Waals surface area contributed by atoms with Crippen LogP contribution in [0.25, 0.3) is 0 Å². The number of benzene rings is 1. The third-order valence-electron chi connectivity index (χ3n) is 4.01. The summed E-state index contributed by atoms with van der Waals surface area (Å²) in [6.07, 6.45) is 2.23. The van der Waals surface area contributed by atoms with Gasteiger partial charge in [0.15, 0.2) is 0 Å². The van der Waals surface area contributed by atoms with Crippen molar-refractivity contribution >= 4 is 10.0 Å². The van der Waals surface area contributed by atoms with Gasteiger partial charge in [0.1, 0.15) is 0 Å². The second-order valence-electron chi connectivity index (χ2n) is 5.04. The first kappa shape index (κ1) is 16.7. The number of hydrogen-bond acceptors (Lipinski definition) is 3. The van der Waals surface area contributed by atoms with Crippen molar-refractivity contribution in [1.82, 2.24) is 4.72 Å². The molecule has 0 radical (unpaired) electrons. The Hall–Kier alpha value is -1.38. The summed E-state index contributed by atoms with van der Waals surface area (Å²) in [4.78, 5) is 0.216. The van der Waals surface area contributed by atoms with E-state index in [1.165, 1.54) is 6.07 Å². The molecule has 0 fully saturated rings. The van der Waals surface area contributed by atoms with Crippen molar-refractivity contribution in [2.45, 2.75) is 57.4 Å². The van der Waals surface area contributed by atoms with Gasteiger partial charge in [-0.3, -0.25) is 0 Å². The van der Waals surface area contributed by atoms with Crippen LogP contribution in [-0.2, 0) is 10.0 Å². The zero-order valence-corrected chi connectivity index (χ0v) is 13.3. The second-order valence-corrected chi connectivity index (χ2v) is 6.72. The molecular formula is C15H22N2O2S. The Kier molecular flexibility index (Phi) is 5.32. The highest BCUT2D eigenvalue weighted by atomic mass is 32.2. The van der Waals surface area contributed by atoms with Gasteiger partial charge >= 0.3 is 0 Å². The van der Waals surface area contributed by atoms with Crippen LogP contribution in [0.3, 0.4) is 0 Å². The average Bonchev–Trinajstić information content (AvgIpc) is 2.44. The van der Waals surface area contributed by atoms with E-state index in [0.717, 1.165) is 19.3 Å². The molecule has 0 heterocycles. The molecule has 0 bridgehead atoms. The van der Waals surface area contributed by atoms with E-state index in [-0.39, 0.29) is 4.90 Å². The minimum Gasteiger partial charge on any atom is -0.207 e. The molecule has 1 aromatic rings. The van der Waals surface area contributed by atoms with Crippen LogP contribution in [0.15, 0.2) is 23.1 Å². The molecule has 0 aromatic heterocycles. The molecule has 0 aliphatic heterocycles. The van der Waals surface area contributed by atoms with Crippen LogP contribution in [0.1, 0.15) is 51.2 Å². The van der Waals surface area contributed by atoms with Crippen molar-refractivity contribution in [3.05, 3.63) is 29.3 Å². The lowest BCUT2D eigenvalue weighted by atomic mass is 9.91. The van der Waals surface area contributed by atoms with Crippen molar-refractivity contribution in [1.29, 1.82) is 5.26 Å². The largest absolute Gasteiger partial charge is 0.241 e. The second kappa shape index (κ2) is 6.38. The van der Waals surface area contributed by atoms with E-state index >= 15 is 0 Å². The monoisotopic (exact) mass is 294 g/mol. The van der Waals surface area contributed by atoms with Gasteiger partial charge in [0.2, 0.25) is 10.0 Å². The Bertz CT molecular complexity index is 603. The van der Waals surface area contributed by atoms with E-state index in [1.807, 2.05) is 26.8 Å². The molecule has 4 nitrogen and oxygen atoms in total. The smallest absolute Gasteiger partial charge is 0.207 e. The van der Waals surface area contributed by atoms with E-state index in [1.54, 1.807) is 19.1 Å². The fourth-order valence-corrected chi connectivity index (χ4v) is 3.94. The number of aryl methyl sites for hydroxylation is 1. The van der Waals surface area contributed by atoms with Crippen LogP contribution < -0.4 is 4.72 Å². The fraction of sp³-hybridized carbons (Fsp3) is 0.533. The highest BCUT2D eigenvalue weighted by Crippen LogP contribution is 2.23. The summed E-state index contributed by atoms with van der Waals surface area (Å²) in [5.74, 6) is 0. The Labute approximate surface area is 121 Å². The van der Waals surface area contributed by atoms with Crippen LogP contribution in [0, 0.1) is 18.3 Å². The maximum atomic E-state index is 12.5. The number of nitrogens with zero attached hydrogens (tertiary/aromatic N) is 1. The lowest BCUT2D eigenvalue weighted by molar-refractivity contribution is 0.341. The van der Waals surface area contributed by atoms with Crippen molar-refractivity contribution < 1.29 is 8.42 Å². The van der Waals surface area contributed by atoms with Gasteiger partial charge in [-0.15, -0.1) is 0 Å². The summed E-state index contributed by atoms with van der Waals surface area (Å²) in [5.41, 5.74) is 0.767. The van der Waals surface area contributed by atoms with E-state index in [0.29, 0.717) is 11.1 Å². The molecule has 0 aliphatic carbocycles. The van der Waals surface area contributed by atoms with Crippen LogP contribution in [0.5, 0.6) is 0 Å². The zero-order valence-electron chi connectivity index (χ0n) is 12.5. The topological polar surface area (TPSA) is 70.0 Å². The summed E-state index contributed by atoms with van der Waals surface area (Å²) in [7, 11) is -3.56. The minimum absolute atomic E-state index is 0.216. The van der Waals surface area contributed by atoms with Gasteiger partial charge in [-0.05, 0) is 49.9 Å². The summed E-state index contributed by atoms with van der Waals surface area (Å²) < 4.78 is 27.8. The highest BCUT2D eigenvalue weighted by molar-refractivity contribution is 7.89. The molecule has 1 rings (SSSR count). The number of hydrogen-bond donors (Lipinski definition) is 1. The molecule has 0 saturated carbocycles. The SMILES string of the molecule is CCC(CC)(CC)NS(=O)(=O)c1ccc(C#N)c(C)c1. The summed E-state index contributed by atoms with van der Waals surface area (Å²) >= 11 is 0.